The minimum Gasteiger partial charge on any atom is -0.493 e. The third kappa shape index (κ3) is 3.87. The minimum absolute atomic E-state index is 0.301. The van der Waals surface area contributed by atoms with Crippen LogP contribution in [0.4, 0.5) is 0 Å². The Balaban J connectivity index is 3.14. The third-order valence-corrected chi connectivity index (χ3v) is 3.51. The summed E-state index contributed by atoms with van der Waals surface area (Å²) in [5.74, 6) is 2.21. The zero-order valence-electron chi connectivity index (χ0n) is 12.8. The Morgan fingerprint density at radius 3 is 2.42 bits per heavy atom. The van der Waals surface area contributed by atoms with E-state index >= 15 is 0 Å². The van der Waals surface area contributed by atoms with Gasteiger partial charge in [-0.25, -0.2) is 0 Å². The second kappa shape index (κ2) is 8.05. The Hall–Kier alpha value is -1.22. The smallest absolute Gasteiger partial charge is 0.165 e. The molecule has 0 aliphatic carbocycles. The first-order valence-corrected chi connectivity index (χ1v) is 7.13. The van der Waals surface area contributed by atoms with Crippen molar-refractivity contribution in [2.45, 2.75) is 39.7 Å². The fourth-order valence-electron chi connectivity index (χ4n) is 2.62. The molecule has 0 amide bonds. The lowest BCUT2D eigenvalue weighted by Gasteiger charge is -2.27. The van der Waals surface area contributed by atoms with Gasteiger partial charge in [-0.15, -0.1) is 0 Å². The Morgan fingerprint density at radius 2 is 1.89 bits per heavy atom. The van der Waals surface area contributed by atoms with Crippen molar-refractivity contribution in [2.24, 2.45) is 5.92 Å². The van der Waals surface area contributed by atoms with Gasteiger partial charge < -0.3 is 14.8 Å². The number of methoxy groups -OCH3 is 2. The zero-order valence-corrected chi connectivity index (χ0v) is 12.8. The lowest BCUT2D eigenvalue weighted by Crippen LogP contribution is -2.27. The van der Waals surface area contributed by atoms with Gasteiger partial charge in [0.25, 0.3) is 0 Å². The summed E-state index contributed by atoms with van der Waals surface area (Å²) >= 11 is 0. The molecule has 1 aromatic carbocycles. The van der Waals surface area contributed by atoms with Crippen LogP contribution in [0.5, 0.6) is 11.5 Å². The van der Waals surface area contributed by atoms with E-state index in [2.05, 4.69) is 32.2 Å². The minimum atomic E-state index is 0.301. The Bertz CT molecular complexity index is 379. The van der Waals surface area contributed by atoms with Crippen LogP contribution in [0.15, 0.2) is 18.2 Å². The van der Waals surface area contributed by atoms with Gasteiger partial charge in [-0.1, -0.05) is 39.3 Å². The summed E-state index contributed by atoms with van der Waals surface area (Å²) in [6, 6.07) is 6.39. The van der Waals surface area contributed by atoms with Crippen molar-refractivity contribution in [1.29, 1.82) is 0 Å². The molecule has 0 aliphatic heterocycles. The summed E-state index contributed by atoms with van der Waals surface area (Å²) in [6.07, 6.45) is 2.38. The molecule has 0 saturated heterocycles. The molecule has 19 heavy (non-hydrogen) atoms. The lowest BCUT2D eigenvalue weighted by atomic mass is 9.90. The second-order valence-corrected chi connectivity index (χ2v) is 4.88. The number of hydrogen-bond acceptors (Lipinski definition) is 3. The van der Waals surface area contributed by atoms with Crippen molar-refractivity contribution in [3.05, 3.63) is 23.8 Å². The highest BCUT2D eigenvalue weighted by atomic mass is 16.5. The van der Waals surface area contributed by atoms with Crippen LogP contribution >= 0.6 is 0 Å². The molecule has 0 fully saturated rings. The average Bonchev–Trinajstić information content (AvgIpc) is 2.43. The van der Waals surface area contributed by atoms with Crippen molar-refractivity contribution >= 4 is 0 Å². The van der Waals surface area contributed by atoms with Crippen LogP contribution in [0.2, 0.25) is 0 Å². The van der Waals surface area contributed by atoms with E-state index < -0.39 is 0 Å². The van der Waals surface area contributed by atoms with Gasteiger partial charge in [-0.3, -0.25) is 0 Å². The van der Waals surface area contributed by atoms with Crippen LogP contribution in [0.3, 0.4) is 0 Å². The molecule has 0 heterocycles. The quantitative estimate of drug-likeness (QED) is 0.775. The number of hydrogen-bond donors (Lipinski definition) is 1. The van der Waals surface area contributed by atoms with Crippen LogP contribution in [-0.2, 0) is 0 Å². The summed E-state index contributed by atoms with van der Waals surface area (Å²) in [7, 11) is 3.38. The Kier molecular flexibility index (Phi) is 6.71. The maximum Gasteiger partial charge on any atom is 0.165 e. The van der Waals surface area contributed by atoms with Gasteiger partial charge in [-0.05, 0) is 24.9 Å². The van der Waals surface area contributed by atoms with Gasteiger partial charge in [0.05, 0.1) is 14.2 Å². The number of ether oxygens (including phenoxy) is 2. The molecule has 0 saturated carbocycles. The van der Waals surface area contributed by atoms with E-state index in [0.29, 0.717) is 12.0 Å². The third-order valence-electron chi connectivity index (χ3n) is 3.51. The fraction of sp³-hybridized carbons (Fsp3) is 0.625. The summed E-state index contributed by atoms with van der Waals surface area (Å²) in [6.45, 7) is 7.59. The number of benzene rings is 1. The van der Waals surface area contributed by atoms with Crippen molar-refractivity contribution in [3.8, 4) is 11.5 Å². The molecule has 3 heteroatoms. The molecule has 0 radical (unpaired) electrons. The monoisotopic (exact) mass is 265 g/mol. The van der Waals surface area contributed by atoms with Crippen molar-refractivity contribution in [2.75, 3.05) is 20.8 Å². The molecular weight excluding hydrogens is 238 g/mol. The van der Waals surface area contributed by atoms with Gasteiger partial charge in [-0.2, -0.15) is 0 Å². The SMILES string of the molecule is CCCC(C)C(NCC)c1cccc(OC)c1OC. The first kappa shape index (κ1) is 15.8. The highest BCUT2D eigenvalue weighted by Gasteiger charge is 2.23. The van der Waals surface area contributed by atoms with E-state index in [-0.39, 0.29) is 0 Å². The summed E-state index contributed by atoms with van der Waals surface area (Å²) < 4.78 is 11.0. The first-order valence-electron chi connectivity index (χ1n) is 7.13. The van der Waals surface area contributed by atoms with Crippen LogP contribution in [0.1, 0.15) is 45.2 Å². The summed E-state index contributed by atoms with van der Waals surface area (Å²) in [4.78, 5) is 0. The fourth-order valence-corrected chi connectivity index (χ4v) is 2.62. The molecule has 1 aromatic rings. The highest BCUT2D eigenvalue weighted by molar-refractivity contribution is 5.48. The Labute approximate surface area is 117 Å². The number of para-hydroxylation sites is 1. The summed E-state index contributed by atoms with van der Waals surface area (Å²) in [5.41, 5.74) is 1.18. The second-order valence-electron chi connectivity index (χ2n) is 4.88. The van der Waals surface area contributed by atoms with Gasteiger partial charge in [0.1, 0.15) is 0 Å². The molecule has 1 rings (SSSR count). The molecule has 1 N–H and O–H groups in total. The molecular formula is C16H27NO2. The van der Waals surface area contributed by atoms with Gasteiger partial charge in [0.15, 0.2) is 11.5 Å². The van der Waals surface area contributed by atoms with Crippen LogP contribution in [0, 0.1) is 5.92 Å². The van der Waals surface area contributed by atoms with Crippen LogP contribution < -0.4 is 14.8 Å². The van der Waals surface area contributed by atoms with Gasteiger partial charge in [0, 0.05) is 11.6 Å². The lowest BCUT2D eigenvalue weighted by molar-refractivity contribution is 0.326. The summed E-state index contributed by atoms with van der Waals surface area (Å²) in [5, 5.41) is 3.57. The molecule has 0 spiro atoms. The van der Waals surface area contributed by atoms with Gasteiger partial charge in [0.2, 0.25) is 0 Å². The topological polar surface area (TPSA) is 30.5 Å². The number of rotatable bonds is 8. The molecule has 0 aliphatic rings. The normalized spacial score (nSPS) is 13.9. The first-order chi connectivity index (χ1) is 9.19. The van der Waals surface area contributed by atoms with Gasteiger partial charge >= 0.3 is 0 Å². The van der Waals surface area contributed by atoms with E-state index in [1.807, 2.05) is 12.1 Å². The van der Waals surface area contributed by atoms with Crippen molar-refractivity contribution in [1.82, 2.24) is 5.32 Å². The molecule has 0 bridgehead atoms. The van der Waals surface area contributed by atoms with E-state index in [1.165, 1.54) is 18.4 Å². The maximum atomic E-state index is 5.56. The predicted molar refractivity (Wildman–Crippen MR) is 80.0 cm³/mol. The largest absolute Gasteiger partial charge is 0.493 e. The van der Waals surface area contributed by atoms with Crippen LogP contribution in [-0.4, -0.2) is 20.8 Å². The molecule has 0 aromatic heterocycles. The number of nitrogens with one attached hydrogen (secondary N) is 1. The zero-order chi connectivity index (χ0) is 14.3. The van der Waals surface area contributed by atoms with E-state index in [0.717, 1.165) is 18.0 Å². The molecule has 3 nitrogen and oxygen atoms in total. The Morgan fingerprint density at radius 1 is 1.16 bits per heavy atom. The van der Waals surface area contributed by atoms with E-state index in [1.54, 1.807) is 14.2 Å². The van der Waals surface area contributed by atoms with Crippen molar-refractivity contribution < 1.29 is 9.47 Å². The van der Waals surface area contributed by atoms with Crippen molar-refractivity contribution in [3.63, 3.8) is 0 Å². The average molecular weight is 265 g/mol. The van der Waals surface area contributed by atoms with E-state index in [4.69, 9.17) is 9.47 Å². The van der Waals surface area contributed by atoms with E-state index in [9.17, 15) is 0 Å². The standard InChI is InChI=1S/C16H27NO2/c1-6-9-12(3)15(17-7-2)13-10-8-11-14(18-4)16(13)19-5/h8,10-12,15,17H,6-7,9H2,1-5H3. The predicted octanol–water partition coefficient (Wildman–Crippen LogP) is 3.79. The highest BCUT2D eigenvalue weighted by Crippen LogP contribution is 2.38. The molecule has 108 valence electrons. The molecule has 2 unspecified atom stereocenters. The van der Waals surface area contributed by atoms with Crippen LogP contribution in [0.25, 0.3) is 0 Å². The maximum absolute atomic E-state index is 5.56. The molecule has 2 atom stereocenters.